The number of hydrogen-bond acceptors (Lipinski definition) is 3. The van der Waals surface area contributed by atoms with Crippen molar-refractivity contribution >= 4 is 11.6 Å². The highest BCUT2D eigenvalue weighted by Gasteiger charge is 2.26. The van der Waals surface area contributed by atoms with E-state index in [-0.39, 0.29) is 5.91 Å². The number of ether oxygens (including phenoxy) is 1. The van der Waals surface area contributed by atoms with Gasteiger partial charge in [-0.1, -0.05) is 17.7 Å². The molecule has 0 unspecified atom stereocenters. The van der Waals surface area contributed by atoms with Crippen LogP contribution in [0.4, 0.5) is 5.69 Å². The van der Waals surface area contributed by atoms with Crippen molar-refractivity contribution in [2.24, 2.45) is 0 Å². The molecule has 2 aliphatic heterocycles. The molecule has 3 rings (SSSR count). The highest BCUT2D eigenvalue weighted by Crippen LogP contribution is 2.28. The molecule has 0 aliphatic carbocycles. The summed E-state index contributed by atoms with van der Waals surface area (Å²) in [6, 6.07) is 6.35. The summed E-state index contributed by atoms with van der Waals surface area (Å²) in [5.74, 6) is 0.213. The van der Waals surface area contributed by atoms with Crippen LogP contribution in [0.15, 0.2) is 18.2 Å². The van der Waals surface area contributed by atoms with Crippen LogP contribution in [0.1, 0.15) is 11.1 Å². The molecule has 4 heteroatoms. The van der Waals surface area contributed by atoms with Crippen molar-refractivity contribution in [2.45, 2.75) is 13.3 Å². The molecule has 4 nitrogen and oxygen atoms in total. The Kier molecular flexibility index (Phi) is 3.53. The smallest absolute Gasteiger partial charge is 0.241 e. The zero-order valence-corrected chi connectivity index (χ0v) is 11.4. The Morgan fingerprint density at radius 1 is 1.26 bits per heavy atom. The molecule has 0 atom stereocenters. The van der Waals surface area contributed by atoms with Gasteiger partial charge in [-0.25, -0.2) is 0 Å². The molecule has 0 aromatic heterocycles. The number of anilines is 1. The lowest BCUT2D eigenvalue weighted by atomic mass is 10.1. The fraction of sp³-hybridized carbons (Fsp3) is 0.533. The molecule has 1 aromatic carbocycles. The van der Waals surface area contributed by atoms with E-state index in [0.29, 0.717) is 6.54 Å². The molecule has 1 fully saturated rings. The summed E-state index contributed by atoms with van der Waals surface area (Å²) in [5.41, 5.74) is 3.67. The van der Waals surface area contributed by atoms with Gasteiger partial charge in [0.05, 0.1) is 19.8 Å². The number of rotatable bonds is 2. The minimum Gasteiger partial charge on any atom is -0.379 e. The molecule has 0 saturated carbocycles. The molecule has 0 N–H and O–H groups in total. The number of carbonyl (C=O) groups is 1. The van der Waals surface area contributed by atoms with E-state index >= 15 is 0 Å². The van der Waals surface area contributed by atoms with E-state index in [0.717, 1.165) is 45.0 Å². The summed E-state index contributed by atoms with van der Waals surface area (Å²) in [4.78, 5) is 16.5. The summed E-state index contributed by atoms with van der Waals surface area (Å²) in [6.45, 7) is 6.63. The van der Waals surface area contributed by atoms with Gasteiger partial charge in [-0.05, 0) is 25.0 Å². The van der Waals surface area contributed by atoms with Crippen LogP contribution in [0.25, 0.3) is 0 Å². The molecular formula is C15H20N2O2. The number of carbonyl (C=O) groups excluding carboxylic acids is 1. The quantitative estimate of drug-likeness (QED) is 0.801. The lowest BCUT2D eigenvalue weighted by Crippen LogP contribution is -2.44. The fourth-order valence-electron chi connectivity index (χ4n) is 2.83. The molecular weight excluding hydrogens is 240 g/mol. The Hall–Kier alpha value is -1.39. The lowest BCUT2D eigenvalue weighted by Gasteiger charge is -2.28. The Morgan fingerprint density at radius 2 is 2.05 bits per heavy atom. The molecule has 1 aromatic rings. The molecule has 0 spiro atoms. The van der Waals surface area contributed by atoms with E-state index in [1.807, 2.05) is 4.90 Å². The van der Waals surface area contributed by atoms with Crippen molar-refractivity contribution in [3.8, 4) is 0 Å². The molecule has 19 heavy (non-hydrogen) atoms. The van der Waals surface area contributed by atoms with Crippen LogP contribution in [0.3, 0.4) is 0 Å². The number of fused-ring (bicyclic) bond motifs is 1. The maximum absolute atomic E-state index is 12.4. The van der Waals surface area contributed by atoms with Crippen LogP contribution < -0.4 is 4.90 Å². The molecule has 102 valence electrons. The molecule has 2 heterocycles. The second kappa shape index (κ2) is 5.31. The first-order valence-corrected chi connectivity index (χ1v) is 6.94. The molecule has 0 bridgehead atoms. The number of morpholine rings is 1. The first kappa shape index (κ1) is 12.6. The van der Waals surface area contributed by atoms with E-state index in [4.69, 9.17) is 4.74 Å². The van der Waals surface area contributed by atoms with E-state index in [1.165, 1.54) is 11.1 Å². The molecule has 1 amide bonds. The topological polar surface area (TPSA) is 32.8 Å². The average Bonchev–Trinajstić information content (AvgIpc) is 2.82. The first-order chi connectivity index (χ1) is 9.24. The lowest BCUT2D eigenvalue weighted by molar-refractivity contribution is -0.120. The summed E-state index contributed by atoms with van der Waals surface area (Å²) in [5, 5.41) is 0. The van der Waals surface area contributed by atoms with Gasteiger partial charge < -0.3 is 9.64 Å². The molecule has 2 aliphatic rings. The Bertz CT molecular complexity index is 481. The van der Waals surface area contributed by atoms with Crippen molar-refractivity contribution in [2.75, 3.05) is 44.3 Å². The number of aryl methyl sites for hydroxylation is 1. The van der Waals surface area contributed by atoms with Gasteiger partial charge in [-0.15, -0.1) is 0 Å². The largest absolute Gasteiger partial charge is 0.379 e. The standard InChI is InChI=1S/C15H20N2O2/c1-12-2-3-14-13(10-12)4-5-17(14)15(18)11-16-6-8-19-9-7-16/h2-3,10H,4-9,11H2,1H3. The second-order valence-electron chi connectivity index (χ2n) is 5.32. The van der Waals surface area contributed by atoms with Gasteiger partial charge >= 0.3 is 0 Å². The SMILES string of the molecule is Cc1ccc2c(c1)CCN2C(=O)CN1CCOCC1. The minimum absolute atomic E-state index is 0.213. The van der Waals surface area contributed by atoms with E-state index < -0.39 is 0 Å². The maximum Gasteiger partial charge on any atom is 0.241 e. The minimum atomic E-state index is 0.213. The maximum atomic E-state index is 12.4. The van der Waals surface area contributed by atoms with Crippen molar-refractivity contribution in [3.05, 3.63) is 29.3 Å². The van der Waals surface area contributed by atoms with Gasteiger partial charge in [-0.2, -0.15) is 0 Å². The number of hydrogen-bond donors (Lipinski definition) is 0. The van der Waals surface area contributed by atoms with Crippen LogP contribution >= 0.6 is 0 Å². The zero-order chi connectivity index (χ0) is 13.2. The van der Waals surface area contributed by atoms with Crippen molar-refractivity contribution < 1.29 is 9.53 Å². The van der Waals surface area contributed by atoms with Crippen molar-refractivity contribution in [1.82, 2.24) is 4.90 Å². The first-order valence-electron chi connectivity index (χ1n) is 6.94. The zero-order valence-electron chi connectivity index (χ0n) is 11.4. The summed E-state index contributed by atoms with van der Waals surface area (Å²) < 4.78 is 5.31. The Labute approximate surface area is 113 Å². The fourth-order valence-corrected chi connectivity index (χ4v) is 2.83. The average molecular weight is 260 g/mol. The number of nitrogens with zero attached hydrogens (tertiary/aromatic N) is 2. The van der Waals surface area contributed by atoms with Gasteiger partial charge in [-0.3, -0.25) is 9.69 Å². The number of benzene rings is 1. The van der Waals surface area contributed by atoms with E-state index in [2.05, 4.69) is 30.0 Å². The van der Waals surface area contributed by atoms with Gasteiger partial charge in [0.1, 0.15) is 0 Å². The van der Waals surface area contributed by atoms with Crippen molar-refractivity contribution in [3.63, 3.8) is 0 Å². The second-order valence-corrected chi connectivity index (χ2v) is 5.32. The normalized spacial score (nSPS) is 19.5. The van der Waals surface area contributed by atoms with Gasteiger partial charge in [0.25, 0.3) is 0 Å². The van der Waals surface area contributed by atoms with Gasteiger partial charge in [0.15, 0.2) is 0 Å². The molecule has 0 radical (unpaired) electrons. The monoisotopic (exact) mass is 260 g/mol. The summed E-state index contributed by atoms with van der Waals surface area (Å²) >= 11 is 0. The summed E-state index contributed by atoms with van der Waals surface area (Å²) in [6.07, 6.45) is 0.978. The van der Waals surface area contributed by atoms with Crippen LogP contribution in [0.2, 0.25) is 0 Å². The Morgan fingerprint density at radius 3 is 2.84 bits per heavy atom. The summed E-state index contributed by atoms with van der Waals surface area (Å²) in [7, 11) is 0. The highest BCUT2D eigenvalue weighted by molar-refractivity contribution is 5.96. The van der Waals surface area contributed by atoms with Gasteiger partial charge in [0.2, 0.25) is 5.91 Å². The van der Waals surface area contributed by atoms with Gasteiger partial charge in [0, 0.05) is 25.3 Å². The number of amides is 1. The predicted octanol–water partition coefficient (Wildman–Crippen LogP) is 1.22. The van der Waals surface area contributed by atoms with Crippen LogP contribution in [-0.4, -0.2) is 50.2 Å². The third-order valence-electron chi connectivity index (χ3n) is 3.89. The van der Waals surface area contributed by atoms with E-state index in [1.54, 1.807) is 0 Å². The highest BCUT2D eigenvalue weighted by atomic mass is 16.5. The van der Waals surface area contributed by atoms with Crippen LogP contribution in [0.5, 0.6) is 0 Å². The predicted molar refractivity (Wildman–Crippen MR) is 74.5 cm³/mol. The van der Waals surface area contributed by atoms with Crippen molar-refractivity contribution in [1.29, 1.82) is 0 Å². The van der Waals surface area contributed by atoms with Crippen LogP contribution in [-0.2, 0) is 16.0 Å². The third kappa shape index (κ3) is 2.65. The third-order valence-corrected chi connectivity index (χ3v) is 3.89. The van der Waals surface area contributed by atoms with E-state index in [9.17, 15) is 4.79 Å². The molecule has 1 saturated heterocycles. The van der Waals surface area contributed by atoms with Crippen LogP contribution in [0, 0.1) is 6.92 Å². The Balaban J connectivity index is 1.69.